The minimum absolute atomic E-state index is 0.0363. The van der Waals surface area contributed by atoms with Gasteiger partial charge in [-0.2, -0.15) is 0 Å². The van der Waals surface area contributed by atoms with Crippen LogP contribution in [0, 0.1) is 11.8 Å². The lowest BCUT2D eigenvalue weighted by Gasteiger charge is -1.97. The Bertz CT molecular complexity index is 449. The number of nitrogens with two attached hydrogens (primary N) is 1. The molecule has 0 spiro atoms. The molecule has 0 aromatic carbocycles. The van der Waals surface area contributed by atoms with Crippen molar-refractivity contribution in [1.82, 2.24) is 4.98 Å². The fourth-order valence-corrected chi connectivity index (χ4v) is 1.17. The van der Waals surface area contributed by atoms with E-state index in [9.17, 15) is 4.79 Å². The van der Waals surface area contributed by atoms with E-state index in [2.05, 4.69) is 16.8 Å². The van der Waals surface area contributed by atoms with Crippen molar-refractivity contribution in [2.75, 3.05) is 12.3 Å². The Morgan fingerprint density at radius 1 is 1.69 bits per heavy atom. The van der Waals surface area contributed by atoms with Crippen molar-refractivity contribution in [3.8, 4) is 11.8 Å². The zero-order valence-electron chi connectivity index (χ0n) is 8.79. The van der Waals surface area contributed by atoms with Gasteiger partial charge in [0.1, 0.15) is 12.2 Å². The molecule has 1 aromatic rings. The molecule has 0 saturated carbocycles. The van der Waals surface area contributed by atoms with Crippen molar-refractivity contribution < 1.29 is 9.53 Å². The van der Waals surface area contributed by atoms with E-state index in [1.165, 1.54) is 12.3 Å². The molecule has 4 nitrogen and oxygen atoms in total. The quantitative estimate of drug-likeness (QED) is 0.628. The van der Waals surface area contributed by atoms with Crippen LogP contribution in [-0.4, -0.2) is 17.6 Å². The Morgan fingerprint density at radius 3 is 3.06 bits per heavy atom. The van der Waals surface area contributed by atoms with Crippen molar-refractivity contribution in [2.45, 2.75) is 13.3 Å². The van der Waals surface area contributed by atoms with E-state index in [0.29, 0.717) is 23.0 Å². The number of anilines is 1. The van der Waals surface area contributed by atoms with E-state index in [-0.39, 0.29) is 12.4 Å². The van der Waals surface area contributed by atoms with E-state index < -0.39 is 0 Å². The molecule has 0 amide bonds. The molecule has 1 heterocycles. The number of carbonyl (C=O) groups is 1. The summed E-state index contributed by atoms with van der Waals surface area (Å²) in [5, 5.41) is 0.420. The molecule has 1 rings (SSSR count). The van der Waals surface area contributed by atoms with Gasteiger partial charge in [-0.1, -0.05) is 23.4 Å². The van der Waals surface area contributed by atoms with Gasteiger partial charge in [0, 0.05) is 12.3 Å². The van der Waals surface area contributed by atoms with Gasteiger partial charge in [0.05, 0.1) is 17.2 Å². The monoisotopic (exact) mass is 238 g/mol. The zero-order valence-corrected chi connectivity index (χ0v) is 9.54. The van der Waals surface area contributed by atoms with Crippen LogP contribution in [0.25, 0.3) is 0 Å². The third-order valence-corrected chi connectivity index (χ3v) is 1.95. The standard InChI is InChI=1S/C11H11ClN2O2/c1-2-16-11(15)5-3-4-8-7-14-10(13)6-9(8)12/h6-7H,2,5H2,1H3,(H2,13,14). The van der Waals surface area contributed by atoms with Crippen LogP contribution < -0.4 is 5.73 Å². The van der Waals surface area contributed by atoms with Gasteiger partial charge >= 0.3 is 5.97 Å². The lowest BCUT2D eigenvalue weighted by atomic mass is 10.2. The Morgan fingerprint density at radius 2 is 2.44 bits per heavy atom. The van der Waals surface area contributed by atoms with E-state index >= 15 is 0 Å². The van der Waals surface area contributed by atoms with Crippen LogP contribution in [0.4, 0.5) is 5.82 Å². The maximum absolute atomic E-state index is 11.0. The Balaban J connectivity index is 2.66. The molecule has 0 atom stereocenters. The second-order valence-electron chi connectivity index (χ2n) is 2.87. The second-order valence-corrected chi connectivity index (χ2v) is 3.28. The molecule has 16 heavy (non-hydrogen) atoms. The molecular weight excluding hydrogens is 228 g/mol. The number of nitrogen functional groups attached to an aromatic ring is 1. The molecular formula is C11H11ClN2O2. The average molecular weight is 239 g/mol. The number of ether oxygens (including phenoxy) is 1. The Kier molecular flexibility index (Phi) is 4.62. The average Bonchev–Trinajstić information content (AvgIpc) is 2.22. The summed E-state index contributed by atoms with van der Waals surface area (Å²) >= 11 is 5.87. The highest BCUT2D eigenvalue weighted by molar-refractivity contribution is 6.31. The van der Waals surface area contributed by atoms with Gasteiger partial charge in [-0.15, -0.1) is 0 Å². The van der Waals surface area contributed by atoms with E-state index in [4.69, 9.17) is 22.1 Å². The maximum atomic E-state index is 11.0. The normalized spacial score (nSPS) is 9.12. The van der Waals surface area contributed by atoms with Crippen LogP contribution in [0.1, 0.15) is 18.9 Å². The molecule has 0 fully saturated rings. The number of pyridine rings is 1. The second kappa shape index (κ2) is 5.99. The van der Waals surface area contributed by atoms with Crippen LogP contribution in [0.3, 0.4) is 0 Å². The molecule has 1 aromatic heterocycles. The van der Waals surface area contributed by atoms with E-state index in [0.717, 1.165) is 0 Å². The van der Waals surface area contributed by atoms with Gasteiger partial charge in [-0.3, -0.25) is 4.79 Å². The van der Waals surface area contributed by atoms with Crippen LogP contribution in [0.5, 0.6) is 0 Å². The topological polar surface area (TPSA) is 65.2 Å². The highest BCUT2D eigenvalue weighted by Gasteiger charge is 1.99. The molecule has 0 bridgehead atoms. The molecule has 2 N–H and O–H groups in total. The zero-order chi connectivity index (χ0) is 12.0. The smallest absolute Gasteiger partial charge is 0.317 e. The van der Waals surface area contributed by atoms with Crippen LogP contribution in [0.2, 0.25) is 5.02 Å². The fourth-order valence-electron chi connectivity index (χ4n) is 0.961. The number of carbonyl (C=O) groups excluding carboxylic acids is 1. The van der Waals surface area contributed by atoms with Crippen LogP contribution in [-0.2, 0) is 9.53 Å². The third kappa shape index (κ3) is 3.79. The fraction of sp³-hybridized carbons (Fsp3) is 0.273. The number of nitrogens with zero attached hydrogens (tertiary/aromatic N) is 1. The van der Waals surface area contributed by atoms with Crippen molar-refractivity contribution in [3.63, 3.8) is 0 Å². The highest BCUT2D eigenvalue weighted by atomic mass is 35.5. The first-order valence-corrected chi connectivity index (χ1v) is 5.06. The number of halogens is 1. The molecule has 5 heteroatoms. The first-order chi connectivity index (χ1) is 7.63. The van der Waals surface area contributed by atoms with Crippen molar-refractivity contribution >= 4 is 23.4 Å². The van der Waals surface area contributed by atoms with Gasteiger partial charge in [-0.25, -0.2) is 4.98 Å². The molecule has 0 unspecified atom stereocenters. The van der Waals surface area contributed by atoms with Crippen molar-refractivity contribution in [2.24, 2.45) is 0 Å². The Hall–Kier alpha value is -1.73. The summed E-state index contributed by atoms with van der Waals surface area (Å²) in [7, 11) is 0. The molecule has 0 aliphatic heterocycles. The van der Waals surface area contributed by atoms with E-state index in [1.54, 1.807) is 6.92 Å². The minimum Gasteiger partial charge on any atom is -0.465 e. The van der Waals surface area contributed by atoms with Crippen molar-refractivity contribution in [1.29, 1.82) is 0 Å². The number of hydrogen-bond acceptors (Lipinski definition) is 4. The van der Waals surface area contributed by atoms with Gasteiger partial charge in [0.15, 0.2) is 0 Å². The van der Waals surface area contributed by atoms with Gasteiger partial charge < -0.3 is 10.5 Å². The van der Waals surface area contributed by atoms with Gasteiger partial charge in [-0.05, 0) is 6.92 Å². The number of esters is 1. The van der Waals surface area contributed by atoms with Gasteiger partial charge in [0.25, 0.3) is 0 Å². The molecule has 0 saturated heterocycles. The summed E-state index contributed by atoms with van der Waals surface area (Å²) < 4.78 is 4.72. The number of hydrogen-bond donors (Lipinski definition) is 1. The summed E-state index contributed by atoms with van der Waals surface area (Å²) in [6.45, 7) is 2.09. The molecule has 84 valence electrons. The maximum Gasteiger partial charge on any atom is 0.317 e. The predicted molar refractivity (Wildman–Crippen MR) is 61.8 cm³/mol. The summed E-state index contributed by atoms with van der Waals surface area (Å²) in [5.74, 6) is 5.37. The van der Waals surface area contributed by atoms with Crippen LogP contribution in [0.15, 0.2) is 12.3 Å². The van der Waals surface area contributed by atoms with Gasteiger partial charge in [0.2, 0.25) is 0 Å². The minimum atomic E-state index is -0.352. The highest BCUT2D eigenvalue weighted by Crippen LogP contribution is 2.15. The number of rotatable bonds is 2. The predicted octanol–water partition coefficient (Wildman–Crippen LogP) is 1.62. The molecule has 0 aliphatic rings. The van der Waals surface area contributed by atoms with Crippen LogP contribution >= 0.6 is 11.6 Å². The first kappa shape index (κ1) is 12.3. The lowest BCUT2D eigenvalue weighted by molar-refractivity contribution is -0.141. The Labute approximate surface area is 98.8 Å². The SMILES string of the molecule is CCOC(=O)CC#Cc1cnc(N)cc1Cl. The lowest BCUT2D eigenvalue weighted by Crippen LogP contribution is -2.01. The summed E-state index contributed by atoms with van der Waals surface area (Å²) in [4.78, 5) is 14.8. The first-order valence-electron chi connectivity index (χ1n) is 4.69. The number of aromatic nitrogens is 1. The molecule has 0 aliphatic carbocycles. The largest absolute Gasteiger partial charge is 0.465 e. The summed E-state index contributed by atoms with van der Waals surface area (Å²) in [6, 6.07) is 1.51. The summed E-state index contributed by atoms with van der Waals surface area (Å²) in [5.41, 5.74) is 5.97. The van der Waals surface area contributed by atoms with Crippen molar-refractivity contribution in [3.05, 3.63) is 22.8 Å². The third-order valence-electron chi connectivity index (χ3n) is 1.64. The van der Waals surface area contributed by atoms with E-state index in [1.807, 2.05) is 0 Å². The molecule has 0 radical (unpaired) electrons. The summed E-state index contributed by atoms with van der Waals surface area (Å²) in [6.07, 6.45) is 1.50.